The lowest BCUT2D eigenvalue weighted by Gasteiger charge is -2.17. The van der Waals surface area contributed by atoms with Crippen LogP contribution >= 0.6 is 0 Å². The van der Waals surface area contributed by atoms with E-state index in [4.69, 9.17) is 0 Å². The summed E-state index contributed by atoms with van der Waals surface area (Å²) in [5.41, 5.74) is 4.44. The first-order valence-electron chi connectivity index (χ1n) is 11.2. The fourth-order valence-electron chi connectivity index (χ4n) is 4.15. The van der Waals surface area contributed by atoms with Crippen LogP contribution in [0.3, 0.4) is 0 Å². The van der Waals surface area contributed by atoms with Crippen molar-refractivity contribution in [1.82, 2.24) is 15.0 Å². The van der Waals surface area contributed by atoms with Crippen LogP contribution in [0.4, 0.5) is 23.1 Å². The number of nitrogens with zero attached hydrogens (tertiary/aromatic N) is 4. The van der Waals surface area contributed by atoms with Gasteiger partial charge in [0, 0.05) is 47.8 Å². The maximum absolute atomic E-state index is 12.6. The van der Waals surface area contributed by atoms with Crippen molar-refractivity contribution in [3.63, 3.8) is 0 Å². The predicted octanol–water partition coefficient (Wildman–Crippen LogP) is 4.86. The molecule has 0 aliphatic carbocycles. The minimum absolute atomic E-state index is 0.0613. The van der Waals surface area contributed by atoms with Gasteiger partial charge in [-0.25, -0.2) is 4.98 Å². The Morgan fingerprint density at radius 1 is 0.970 bits per heavy atom. The third-order valence-corrected chi connectivity index (χ3v) is 5.76. The van der Waals surface area contributed by atoms with E-state index in [0.717, 1.165) is 58.4 Å². The van der Waals surface area contributed by atoms with Crippen LogP contribution < -0.4 is 15.5 Å². The van der Waals surface area contributed by atoms with Gasteiger partial charge >= 0.3 is 0 Å². The smallest absolute Gasteiger partial charge is 0.228 e. The van der Waals surface area contributed by atoms with Crippen LogP contribution in [-0.4, -0.2) is 33.9 Å². The minimum Gasteiger partial charge on any atom is -0.341 e. The number of fused-ring (bicyclic) bond motifs is 1. The van der Waals surface area contributed by atoms with Crippen molar-refractivity contribution in [2.24, 2.45) is 0 Å². The number of hydrogen-bond acceptors (Lipinski definition) is 6. The summed E-state index contributed by atoms with van der Waals surface area (Å²) < 4.78 is 0. The molecule has 0 spiro atoms. The Morgan fingerprint density at radius 3 is 2.55 bits per heavy atom. The molecule has 0 unspecified atom stereocenters. The molecule has 2 N–H and O–H groups in total. The van der Waals surface area contributed by atoms with Gasteiger partial charge in [-0.2, -0.15) is 4.98 Å². The number of aromatic nitrogens is 3. The molecule has 33 heavy (non-hydrogen) atoms. The number of carbonyl (C=O) groups excluding carboxylic acids is 1. The van der Waals surface area contributed by atoms with Crippen molar-refractivity contribution in [1.29, 1.82) is 0 Å². The molecule has 0 atom stereocenters. The number of aryl methyl sites for hydroxylation is 1. The van der Waals surface area contributed by atoms with Gasteiger partial charge in [-0.05, 0) is 61.7 Å². The quantitative estimate of drug-likeness (QED) is 0.447. The Hall–Kier alpha value is -4.00. The molecule has 7 nitrogen and oxygen atoms in total. The molecule has 7 heteroatoms. The van der Waals surface area contributed by atoms with E-state index in [-0.39, 0.29) is 5.91 Å². The summed E-state index contributed by atoms with van der Waals surface area (Å²) in [6.07, 6.45) is 4.41. The van der Waals surface area contributed by atoms with Crippen molar-refractivity contribution in [3.8, 4) is 0 Å². The van der Waals surface area contributed by atoms with Crippen molar-refractivity contribution in [2.45, 2.75) is 26.2 Å². The second kappa shape index (κ2) is 9.24. The summed E-state index contributed by atoms with van der Waals surface area (Å²) in [5.74, 6) is 1.49. The summed E-state index contributed by atoms with van der Waals surface area (Å²) in [4.78, 5) is 28.5. The standard InChI is InChI=1S/C26H26N6O/c1-18-16-24(31-26(28-18)32-14-4-5-15-32)29-20-8-10-21(11-9-20)30-25(33)17-19-12-13-27-23-7-3-2-6-22(19)23/h2-3,6-13,16H,4-5,14-15,17H2,1H3,(H,30,33)(H,28,29,31). The predicted molar refractivity (Wildman–Crippen MR) is 132 cm³/mol. The second-order valence-electron chi connectivity index (χ2n) is 8.30. The van der Waals surface area contributed by atoms with Gasteiger partial charge in [-0.1, -0.05) is 18.2 Å². The van der Waals surface area contributed by atoms with Crippen LogP contribution in [0.25, 0.3) is 10.9 Å². The van der Waals surface area contributed by atoms with Crippen LogP contribution in [0.1, 0.15) is 24.1 Å². The zero-order chi connectivity index (χ0) is 22.6. The van der Waals surface area contributed by atoms with Crippen LogP contribution in [0.5, 0.6) is 0 Å². The summed E-state index contributed by atoms with van der Waals surface area (Å²) in [6, 6.07) is 19.3. The van der Waals surface area contributed by atoms with Crippen molar-refractivity contribution < 1.29 is 4.79 Å². The molecule has 1 aliphatic rings. The average Bonchev–Trinajstić information content (AvgIpc) is 3.35. The summed E-state index contributed by atoms with van der Waals surface area (Å²) in [7, 11) is 0. The number of hydrogen-bond donors (Lipinski definition) is 2. The zero-order valence-corrected chi connectivity index (χ0v) is 18.6. The monoisotopic (exact) mass is 438 g/mol. The first kappa shape index (κ1) is 20.9. The normalized spacial score (nSPS) is 13.3. The highest BCUT2D eigenvalue weighted by atomic mass is 16.1. The van der Waals surface area contributed by atoms with Crippen LogP contribution in [-0.2, 0) is 11.2 Å². The first-order valence-corrected chi connectivity index (χ1v) is 11.2. The lowest BCUT2D eigenvalue weighted by atomic mass is 10.1. The first-order chi connectivity index (χ1) is 16.1. The van der Waals surface area contributed by atoms with Gasteiger partial charge in [-0.15, -0.1) is 0 Å². The van der Waals surface area contributed by atoms with Gasteiger partial charge in [0.15, 0.2) is 0 Å². The highest BCUT2D eigenvalue weighted by molar-refractivity contribution is 5.95. The molecule has 1 fully saturated rings. The van der Waals surface area contributed by atoms with E-state index in [1.807, 2.05) is 67.6 Å². The molecule has 1 saturated heterocycles. The van der Waals surface area contributed by atoms with Gasteiger partial charge in [0.05, 0.1) is 11.9 Å². The Kier molecular flexibility index (Phi) is 5.85. The Morgan fingerprint density at radius 2 is 1.73 bits per heavy atom. The van der Waals surface area contributed by atoms with Crippen LogP contribution in [0.15, 0.2) is 66.9 Å². The molecule has 0 saturated carbocycles. The number of nitrogens with one attached hydrogen (secondary N) is 2. The van der Waals surface area contributed by atoms with Crippen molar-refractivity contribution in [2.75, 3.05) is 28.6 Å². The molecule has 1 aliphatic heterocycles. The summed E-state index contributed by atoms with van der Waals surface area (Å²) in [6.45, 7) is 4.00. The molecular weight excluding hydrogens is 412 g/mol. The van der Waals surface area contributed by atoms with Gasteiger partial charge in [0.1, 0.15) is 5.82 Å². The molecule has 5 rings (SSSR count). The highest BCUT2D eigenvalue weighted by Gasteiger charge is 2.16. The molecule has 0 bridgehead atoms. The molecule has 4 aromatic rings. The number of benzene rings is 2. The summed E-state index contributed by atoms with van der Waals surface area (Å²) in [5, 5.41) is 7.34. The van der Waals surface area contributed by atoms with Crippen LogP contribution in [0.2, 0.25) is 0 Å². The van der Waals surface area contributed by atoms with Gasteiger partial charge in [0.2, 0.25) is 11.9 Å². The van der Waals surface area contributed by atoms with Crippen LogP contribution in [0, 0.1) is 6.92 Å². The van der Waals surface area contributed by atoms with Crippen molar-refractivity contribution in [3.05, 3.63) is 78.1 Å². The van der Waals surface area contributed by atoms with E-state index in [9.17, 15) is 4.79 Å². The number of carbonyl (C=O) groups is 1. The molecule has 2 aromatic carbocycles. The van der Waals surface area contributed by atoms with E-state index in [0.29, 0.717) is 6.42 Å². The average molecular weight is 439 g/mol. The van der Waals surface area contributed by atoms with E-state index in [2.05, 4.69) is 30.5 Å². The fraction of sp³-hybridized carbons (Fsp3) is 0.231. The minimum atomic E-state index is -0.0613. The number of para-hydroxylation sites is 1. The lowest BCUT2D eigenvalue weighted by Crippen LogP contribution is -2.21. The molecule has 3 heterocycles. The van der Waals surface area contributed by atoms with Crippen molar-refractivity contribution >= 4 is 40.0 Å². The van der Waals surface area contributed by atoms with Gasteiger partial charge in [-0.3, -0.25) is 9.78 Å². The van der Waals surface area contributed by atoms with E-state index in [1.54, 1.807) is 6.20 Å². The number of rotatable bonds is 6. The molecular formula is C26H26N6O. The number of amides is 1. The maximum atomic E-state index is 12.6. The third-order valence-electron chi connectivity index (χ3n) is 5.76. The van der Waals surface area contributed by atoms with E-state index < -0.39 is 0 Å². The topological polar surface area (TPSA) is 83.0 Å². The number of pyridine rings is 1. The summed E-state index contributed by atoms with van der Waals surface area (Å²) >= 11 is 0. The fourth-order valence-corrected chi connectivity index (χ4v) is 4.15. The maximum Gasteiger partial charge on any atom is 0.228 e. The SMILES string of the molecule is Cc1cc(Nc2ccc(NC(=O)Cc3ccnc4ccccc34)cc2)nc(N2CCCC2)n1. The van der Waals surface area contributed by atoms with E-state index >= 15 is 0 Å². The van der Waals surface area contributed by atoms with Gasteiger partial charge in [0.25, 0.3) is 0 Å². The molecule has 166 valence electrons. The highest BCUT2D eigenvalue weighted by Crippen LogP contribution is 2.23. The largest absolute Gasteiger partial charge is 0.341 e. The van der Waals surface area contributed by atoms with Gasteiger partial charge < -0.3 is 15.5 Å². The Bertz CT molecular complexity index is 1280. The molecule has 1 amide bonds. The number of anilines is 4. The zero-order valence-electron chi connectivity index (χ0n) is 18.6. The second-order valence-corrected chi connectivity index (χ2v) is 8.30. The third kappa shape index (κ3) is 4.92. The Labute approximate surface area is 192 Å². The van der Waals surface area contributed by atoms with E-state index in [1.165, 1.54) is 12.8 Å². The Balaban J connectivity index is 1.24. The molecule has 0 radical (unpaired) electrons. The lowest BCUT2D eigenvalue weighted by molar-refractivity contribution is -0.115. The molecule has 2 aromatic heterocycles.